The molecule has 0 saturated heterocycles. The molecule has 0 bridgehead atoms. The fraction of sp³-hybridized carbons (Fsp3) is 0.429. The summed E-state index contributed by atoms with van der Waals surface area (Å²) in [5.74, 6) is -1.76. The Morgan fingerprint density at radius 3 is 2.42 bits per heavy atom. The Kier molecular flexibility index (Phi) is 4.17. The molecule has 68 valence electrons. The van der Waals surface area contributed by atoms with Crippen LogP contribution >= 0.6 is 0 Å². The first-order valence-electron chi connectivity index (χ1n) is 3.31. The second kappa shape index (κ2) is 4.63. The van der Waals surface area contributed by atoms with E-state index in [1.165, 1.54) is 6.92 Å². The van der Waals surface area contributed by atoms with Crippen molar-refractivity contribution in [3.63, 3.8) is 0 Å². The van der Waals surface area contributed by atoms with Crippen LogP contribution in [0.4, 0.5) is 0 Å². The smallest absolute Gasteiger partial charge is 0.331 e. The van der Waals surface area contributed by atoms with Crippen LogP contribution in [0.25, 0.3) is 0 Å². The number of nitrogens with two attached hydrogens (primary N) is 1. The molecule has 1 atom stereocenters. The summed E-state index contributed by atoms with van der Waals surface area (Å²) in [5.41, 5.74) is 5.03. The molecular formula is C7H11NO4. The van der Waals surface area contributed by atoms with E-state index in [0.717, 1.165) is 6.08 Å². The average Bonchev–Trinajstić information content (AvgIpc) is 2.02. The van der Waals surface area contributed by atoms with Crippen LogP contribution in [-0.2, 0) is 9.59 Å². The molecule has 0 aliphatic heterocycles. The molecule has 0 heterocycles. The largest absolute Gasteiger partial charge is 0.478 e. The first-order valence-corrected chi connectivity index (χ1v) is 3.31. The normalized spacial score (nSPS) is 14.1. The average molecular weight is 173 g/mol. The molecule has 0 amide bonds. The lowest BCUT2D eigenvalue weighted by Crippen LogP contribution is -2.33. The molecule has 5 heteroatoms. The quantitative estimate of drug-likeness (QED) is 0.469. The highest BCUT2D eigenvalue weighted by atomic mass is 16.4. The van der Waals surface area contributed by atoms with Crippen molar-refractivity contribution in [3.05, 3.63) is 11.6 Å². The number of aliphatic hydroxyl groups excluding tert-OH is 1. The van der Waals surface area contributed by atoms with Gasteiger partial charge in [0.1, 0.15) is 0 Å². The molecule has 12 heavy (non-hydrogen) atoms. The van der Waals surface area contributed by atoms with E-state index < -0.39 is 24.4 Å². The number of aliphatic hydroxyl groups is 1. The van der Waals surface area contributed by atoms with Crippen molar-refractivity contribution in [1.82, 2.24) is 0 Å². The topological polar surface area (TPSA) is 101 Å². The number of ketones is 1. The molecule has 0 spiro atoms. The van der Waals surface area contributed by atoms with Crippen molar-refractivity contribution in [3.8, 4) is 0 Å². The zero-order chi connectivity index (χ0) is 9.72. The van der Waals surface area contributed by atoms with Crippen LogP contribution in [-0.4, -0.2) is 34.6 Å². The van der Waals surface area contributed by atoms with Gasteiger partial charge in [0.2, 0.25) is 0 Å². The predicted octanol–water partition coefficient (Wildman–Crippen LogP) is -1.09. The van der Waals surface area contributed by atoms with Gasteiger partial charge in [-0.3, -0.25) is 4.79 Å². The number of hydrogen-bond donors (Lipinski definition) is 3. The number of hydrogen-bond acceptors (Lipinski definition) is 4. The fourth-order valence-electron chi connectivity index (χ4n) is 0.472. The molecule has 4 N–H and O–H groups in total. The SMILES string of the molecule is CC(=CC(=O)[C@@H](N)CO)C(=O)O. The molecule has 0 fully saturated rings. The summed E-state index contributed by atoms with van der Waals surface area (Å²) in [6.45, 7) is 0.798. The molecule has 0 aromatic heterocycles. The van der Waals surface area contributed by atoms with E-state index in [-0.39, 0.29) is 5.57 Å². The van der Waals surface area contributed by atoms with Crippen molar-refractivity contribution in [1.29, 1.82) is 0 Å². The standard InChI is InChI=1S/C7H11NO4/c1-4(7(11)12)2-6(10)5(8)3-9/h2,5,9H,3,8H2,1H3,(H,11,12)/t5-/m0/s1. The van der Waals surface area contributed by atoms with E-state index in [0.29, 0.717) is 0 Å². The van der Waals surface area contributed by atoms with Gasteiger partial charge in [-0.05, 0) is 13.0 Å². The van der Waals surface area contributed by atoms with Crippen LogP contribution in [0.5, 0.6) is 0 Å². The lowest BCUT2D eigenvalue weighted by atomic mass is 10.1. The fourth-order valence-corrected chi connectivity index (χ4v) is 0.472. The van der Waals surface area contributed by atoms with Crippen LogP contribution in [0.2, 0.25) is 0 Å². The molecule has 0 radical (unpaired) electrons. The third-order valence-electron chi connectivity index (χ3n) is 1.26. The number of carbonyl (C=O) groups excluding carboxylic acids is 1. The summed E-state index contributed by atoms with van der Waals surface area (Å²) in [6, 6.07) is -1.03. The van der Waals surface area contributed by atoms with E-state index >= 15 is 0 Å². The number of aliphatic carboxylic acids is 1. The molecule has 0 unspecified atom stereocenters. The Bertz CT molecular complexity index is 221. The van der Waals surface area contributed by atoms with E-state index in [1.54, 1.807) is 0 Å². The summed E-state index contributed by atoms with van der Waals surface area (Å²) in [6.07, 6.45) is 0.906. The zero-order valence-corrected chi connectivity index (χ0v) is 6.65. The van der Waals surface area contributed by atoms with Gasteiger partial charge in [0.15, 0.2) is 5.78 Å². The molecular weight excluding hydrogens is 162 g/mol. The Morgan fingerprint density at radius 2 is 2.08 bits per heavy atom. The van der Waals surface area contributed by atoms with Crippen molar-refractivity contribution in [2.75, 3.05) is 6.61 Å². The van der Waals surface area contributed by atoms with Gasteiger partial charge in [0.05, 0.1) is 12.6 Å². The van der Waals surface area contributed by atoms with E-state index in [1.807, 2.05) is 0 Å². The van der Waals surface area contributed by atoms with Crippen LogP contribution in [0.15, 0.2) is 11.6 Å². The molecule has 0 aliphatic carbocycles. The maximum Gasteiger partial charge on any atom is 0.331 e. The highest BCUT2D eigenvalue weighted by Gasteiger charge is 2.11. The minimum atomic E-state index is -1.17. The highest BCUT2D eigenvalue weighted by Crippen LogP contribution is 1.94. The Labute approximate surface area is 69.5 Å². The van der Waals surface area contributed by atoms with Crippen molar-refractivity contribution < 1.29 is 19.8 Å². The van der Waals surface area contributed by atoms with Gasteiger partial charge in [-0.1, -0.05) is 0 Å². The van der Waals surface area contributed by atoms with Crippen molar-refractivity contribution in [2.45, 2.75) is 13.0 Å². The maximum atomic E-state index is 10.9. The van der Waals surface area contributed by atoms with Gasteiger partial charge in [-0.25, -0.2) is 4.79 Å². The molecule has 0 aliphatic rings. The van der Waals surface area contributed by atoms with Crippen LogP contribution in [0.3, 0.4) is 0 Å². The minimum Gasteiger partial charge on any atom is -0.478 e. The molecule has 0 aromatic carbocycles. The first-order chi connectivity index (χ1) is 5.49. The summed E-state index contributed by atoms with van der Waals surface area (Å²) < 4.78 is 0. The van der Waals surface area contributed by atoms with Gasteiger partial charge in [-0.15, -0.1) is 0 Å². The number of carbonyl (C=O) groups is 2. The van der Waals surface area contributed by atoms with Crippen LogP contribution < -0.4 is 5.73 Å². The second-order valence-corrected chi connectivity index (χ2v) is 2.32. The zero-order valence-electron chi connectivity index (χ0n) is 6.65. The summed E-state index contributed by atoms with van der Waals surface area (Å²) in [5, 5.41) is 16.8. The van der Waals surface area contributed by atoms with Gasteiger partial charge in [-0.2, -0.15) is 0 Å². The molecule has 5 nitrogen and oxygen atoms in total. The van der Waals surface area contributed by atoms with Gasteiger partial charge >= 0.3 is 5.97 Å². The third kappa shape index (κ3) is 3.27. The number of carboxylic acid groups (broad SMARTS) is 1. The first kappa shape index (κ1) is 10.8. The van der Waals surface area contributed by atoms with Crippen molar-refractivity contribution >= 4 is 11.8 Å². The summed E-state index contributed by atoms with van der Waals surface area (Å²) >= 11 is 0. The minimum absolute atomic E-state index is 0.0936. The number of rotatable bonds is 4. The lowest BCUT2D eigenvalue weighted by molar-refractivity contribution is -0.133. The van der Waals surface area contributed by atoms with Gasteiger partial charge < -0.3 is 15.9 Å². The van der Waals surface area contributed by atoms with E-state index in [2.05, 4.69) is 0 Å². The highest BCUT2D eigenvalue weighted by molar-refractivity contribution is 6.00. The Balaban J connectivity index is 4.34. The Morgan fingerprint density at radius 1 is 1.58 bits per heavy atom. The molecule has 0 rings (SSSR count). The van der Waals surface area contributed by atoms with Crippen molar-refractivity contribution in [2.24, 2.45) is 5.73 Å². The van der Waals surface area contributed by atoms with Crippen LogP contribution in [0, 0.1) is 0 Å². The lowest BCUT2D eigenvalue weighted by Gasteiger charge is -2.02. The second-order valence-electron chi connectivity index (χ2n) is 2.32. The molecule has 0 aromatic rings. The molecule has 0 saturated carbocycles. The maximum absolute atomic E-state index is 10.9. The third-order valence-corrected chi connectivity index (χ3v) is 1.26. The van der Waals surface area contributed by atoms with E-state index in [9.17, 15) is 9.59 Å². The monoisotopic (exact) mass is 173 g/mol. The summed E-state index contributed by atoms with van der Waals surface area (Å²) in [4.78, 5) is 21.1. The Hall–Kier alpha value is -1.20. The predicted molar refractivity (Wildman–Crippen MR) is 41.5 cm³/mol. The van der Waals surface area contributed by atoms with E-state index in [4.69, 9.17) is 15.9 Å². The van der Waals surface area contributed by atoms with Gasteiger partial charge in [0, 0.05) is 5.57 Å². The van der Waals surface area contributed by atoms with Crippen LogP contribution in [0.1, 0.15) is 6.92 Å². The summed E-state index contributed by atoms with van der Waals surface area (Å²) in [7, 11) is 0. The number of carboxylic acids is 1. The van der Waals surface area contributed by atoms with Gasteiger partial charge in [0.25, 0.3) is 0 Å².